The minimum atomic E-state index is -1.97. The number of carbonyl (C=O) groups excluding carboxylic acids is 1. The van der Waals surface area contributed by atoms with Crippen molar-refractivity contribution in [2.24, 2.45) is 0 Å². The number of hydrogen-bond acceptors (Lipinski definition) is 18. The standard InChI is InChI=1S/C66H127NO18/c1-3-5-7-9-11-13-15-17-18-19-20-21-22-23-24-25-26-27-28-29-30-31-32-34-36-38-40-42-44-54(72)67-49(50(71)43-41-39-37-35-33-16-14-12-10-8-6-4-2)48-80-64-60(78)57(75)62(52(46-69)82-64)85-66-61(79)58(76)63(53(47-70)83-66)84-65-59(77)56(74)55(73)51(45-68)81-65/h49-53,55-66,68-71,73-79H,3-48H2,1-2H3,(H,67,72). The van der Waals surface area contributed by atoms with E-state index < -0.39 is 124 Å². The van der Waals surface area contributed by atoms with Gasteiger partial charge in [0.2, 0.25) is 5.91 Å². The van der Waals surface area contributed by atoms with Crippen LogP contribution in [-0.2, 0) is 33.2 Å². The van der Waals surface area contributed by atoms with E-state index in [1.807, 2.05) is 0 Å². The lowest BCUT2D eigenvalue weighted by atomic mass is 9.96. The van der Waals surface area contributed by atoms with Gasteiger partial charge in [-0.05, 0) is 12.8 Å². The fraction of sp³-hybridized carbons (Fsp3) is 0.985. The molecule has 3 heterocycles. The second-order valence-corrected chi connectivity index (χ2v) is 25.4. The molecule has 0 radical (unpaired) electrons. The fourth-order valence-corrected chi connectivity index (χ4v) is 12.3. The Balaban J connectivity index is 1.37. The van der Waals surface area contributed by atoms with Crippen LogP contribution < -0.4 is 5.32 Å². The number of aliphatic hydroxyl groups excluding tert-OH is 11. The van der Waals surface area contributed by atoms with E-state index in [4.69, 9.17) is 28.4 Å². The first kappa shape index (κ1) is 78.0. The number of aliphatic hydroxyl groups is 11. The van der Waals surface area contributed by atoms with Crippen LogP contribution >= 0.6 is 0 Å². The molecule has 85 heavy (non-hydrogen) atoms. The lowest BCUT2D eigenvalue weighted by molar-refractivity contribution is -0.379. The van der Waals surface area contributed by atoms with Crippen molar-refractivity contribution >= 4 is 5.91 Å². The number of carbonyl (C=O) groups is 1. The molecular formula is C66H127NO18. The Kier molecular flexibility index (Phi) is 45.4. The van der Waals surface area contributed by atoms with Crippen LogP contribution in [0.4, 0.5) is 0 Å². The van der Waals surface area contributed by atoms with Crippen molar-refractivity contribution in [1.82, 2.24) is 5.32 Å². The largest absolute Gasteiger partial charge is 0.394 e. The minimum absolute atomic E-state index is 0.237. The molecule has 0 spiro atoms. The van der Waals surface area contributed by atoms with Crippen molar-refractivity contribution in [3.8, 4) is 0 Å². The summed E-state index contributed by atoms with van der Waals surface area (Å²) in [7, 11) is 0. The average molecular weight is 1220 g/mol. The average Bonchev–Trinajstić information content (AvgIpc) is 2.45. The lowest BCUT2D eigenvalue weighted by Crippen LogP contribution is -2.66. The van der Waals surface area contributed by atoms with Crippen molar-refractivity contribution in [3.05, 3.63) is 0 Å². The summed E-state index contributed by atoms with van der Waals surface area (Å²) in [4.78, 5) is 13.4. The van der Waals surface area contributed by atoms with Crippen molar-refractivity contribution in [2.45, 2.75) is 388 Å². The van der Waals surface area contributed by atoms with Gasteiger partial charge in [-0.15, -0.1) is 0 Å². The third-order valence-electron chi connectivity index (χ3n) is 17.9. The quantitative estimate of drug-likeness (QED) is 0.0253. The molecule has 3 aliphatic heterocycles. The highest BCUT2D eigenvalue weighted by molar-refractivity contribution is 5.76. The third kappa shape index (κ3) is 32.1. The van der Waals surface area contributed by atoms with Crippen molar-refractivity contribution in [1.29, 1.82) is 0 Å². The molecule has 3 aliphatic rings. The van der Waals surface area contributed by atoms with Crippen LogP contribution in [0.15, 0.2) is 0 Å². The molecule has 3 rings (SSSR count). The Morgan fingerprint density at radius 1 is 0.376 bits per heavy atom. The van der Waals surface area contributed by atoms with Crippen molar-refractivity contribution < 1.29 is 89.4 Å². The van der Waals surface area contributed by atoms with E-state index in [-0.39, 0.29) is 18.9 Å². The molecule has 12 N–H and O–H groups in total. The second-order valence-electron chi connectivity index (χ2n) is 25.4. The maximum atomic E-state index is 13.4. The summed E-state index contributed by atoms with van der Waals surface area (Å²) in [6.07, 6.45) is 24.9. The summed E-state index contributed by atoms with van der Waals surface area (Å²) < 4.78 is 34.4. The van der Waals surface area contributed by atoms with Crippen LogP contribution in [0.5, 0.6) is 0 Å². The molecular weight excluding hydrogens is 1090 g/mol. The van der Waals surface area contributed by atoms with Gasteiger partial charge < -0.3 is 89.9 Å². The summed E-state index contributed by atoms with van der Waals surface area (Å²) in [5, 5.41) is 120. The normalized spacial score (nSPS) is 28.9. The highest BCUT2D eigenvalue weighted by Crippen LogP contribution is 2.33. The predicted molar refractivity (Wildman–Crippen MR) is 328 cm³/mol. The Labute approximate surface area is 513 Å². The van der Waals surface area contributed by atoms with Crippen LogP contribution in [0.1, 0.15) is 284 Å². The molecule has 17 unspecified atom stereocenters. The van der Waals surface area contributed by atoms with E-state index in [1.165, 1.54) is 205 Å². The first-order valence-electron chi connectivity index (χ1n) is 34.8. The van der Waals surface area contributed by atoms with E-state index in [2.05, 4.69) is 19.2 Å². The second kappa shape index (κ2) is 49.5. The van der Waals surface area contributed by atoms with Crippen molar-refractivity contribution in [3.63, 3.8) is 0 Å². The lowest BCUT2D eigenvalue weighted by Gasteiger charge is -2.48. The summed E-state index contributed by atoms with van der Waals surface area (Å²) in [6.45, 7) is 1.82. The van der Waals surface area contributed by atoms with Crippen LogP contribution in [0.3, 0.4) is 0 Å². The van der Waals surface area contributed by atoms with E-state index in [0.717, 1.165) is 44.9 Å². The molecule has 0 aromatic rings. The summed E-state index contributed by atoms with van der Waals surface area (Å²) in [5.41, 5.74) is 0. The third-order valence-corrected chi connectivity index (χ3v) is 17.9. The maximum absolute atomic E-state index is 13.4. The molecule has 504 valence electrons. The molecule has 19 nitrogen and oxygen atoms in total. The van der Waals surface area contributed by atoms with Gasteiger partial charge in [0, 0.05) is 6.42 Å². The van der Waals surface area contributed by atoms with E-state index in [1.54, 1.807) is 0 Å². The van der Waals surface area contributed by atoms with Crippen molar-refractivity contribution in [2.75, 3.05) is 26.4 Å². The number of ether oxygens (including phenoxy) is 6. The minimum Gasteiger partial charge on any atom is -0.394 e. The zero-order chi connectivity index (χ0) is 61.9. The van der Waals surface area contributed by atoms with Gasteiger partial charge in [-0.2, -0.15) is 0 Å². The maximum Gasteiger partial charge on any atom is 0.220 e. The van der Waals surface area contributed by atoms with Gasteiger partial charge in [-0.1, -0.05) is 264 Å². The molecule has 0 bridgehead atoms. The molecule has 19 heteroatoms. The van der Waals surface area contributed by atoms with Gasteiger partial charge in [-0.3, -0.25) is 4.79 Å². The van der Waals surface area contributed by atoms with E-state index >= 15 is 0 Å². The summed E-state index contributed by atoms with van der Waals surface area (Å²) in [6, 6.07) is -0.880. The fourth-order valence-electron chi connectivity index (χ4n) is 12.3. The number of nitrogens with one attached hydrogen (secondary N) is 1. The molecule has 1 amide bonds. The number of unbranched alkanes of at least 4 members (excludes halogenated alkanes) is 38. The Morgan fingerprint density at radius 2 is 0.671 bits per heavy atom. The van der Waals surface area contributed by atoms with Gasteiger partial charge in [-0.25, -0.2) is 0 Å². The highest BCUT2D eigenvalue weighted by Gasteiger charge is 2.53. The highest BCUT2D eigenvalue weighted by atomic mass is 16.8. The van der Waals surface area contributed by atoms with Gasteiger partial charge >= 0.3 is 0 Å². The number of amides is 1. The molecule has 17 atom stereocenters. The number of rotatable bonds is 54. The first-order chi connectivity index (χ1) is 41.3. The molecule has 0 aromatic carbocycles. The van der Waals surface area contributed by atoms with Crippen LogP contribution in [-0.4, -0.2) is 193 Å². The Morgan fingerprint density at radius 3 is 1.02 bits per heavy atom. The van der Waals surface area contributed by atoms with E-state index in [9.17, 15) is 61.0 Å². The monoisotopic (exact) mass is 1220 g/mol. The summed E-state index contributed by atoms with van der Waals surface area (Å²) in [5.74, 6) is -0.237. The Hall–Kier alpha value is -1.21. The van der Waals surface area contributed by atoms with Gasteiger partial charge in [0.05, 0.1) is 38.6 Å². The van der Waals surface area contributed by atoms with E-state index in [0.29, 0.717) is 12.8 Å². The van der Waals surface area contributed by atoms with Crippen LogP contribution in [0, 0.1) is 0 Å². The smallest absolute Gasteiger partial charge is 0.220 e. The molecule has 0 saturated carbocycles. The van der Waals surface area contributed by atoms with Crippen LogP contribution in [0.25, 0.3) is 0 Å². The van der Waals surface area contributed by atoms with Gasteiger partial charge in [0.15, 0.2) is 18.9 Å². The van der Waals surface area contributed by atoms with Gasteiger partial charge in [0.1, 0.15) is 73.2 Å². The predicted octanol–water partition coefficient (Wildman–Crippen LogP) is 8.72. The first-order valence-corrected chi connectivity index (χ1v) is 34.8. The molecule has 3 fully saturated rings. The topological polar surface area (TPSA) is 307 Å². The molecule has 3 saturated heterocycles. The zero-order valence-electron chi connectivity index (χ0n) is 53.1. The summed E-state index contributed by atoms with van der Waals surface area (Å²) >= 11 is 0. The number of hydrogen-bond donors (Lipinski definition) is 12. The van der Waals surface area contributed by atoms with Crippen LogP contribution in [0.2, 0.25) is 0 Å². The van der Waals surface area contributed by atoms with Gasteiger partial charge in [0.25, 0.3) is 0 Å². The molecule has 0 aromatic heterocycles. The zero-order valence-corrected chi connectivity index (χ0v) is 53.1. The molecule has 0 aliphatic carbocycles. The SMILES string of the molecule is CCCCCCCCCCCCCCCCCCCCCCCCCCCCCCC(=O)NC(COC1OC(CO)C(OC2OC(CO)C(OC3OC(CO)C(O)C(O)C3O)C(O)C2O)C(O)C1O)C(O)CCCCCCCCCCCCCC. The Bertz CT molecular complexity index is 1550.